The highest BCUT2D eigenvalue weighted by Gasteiger charge is 2.41. The van der Waals surface area contributed by atoms with E-state index >= 15 is 0 Å². The summed E-state index contributed by atoms with van der Waals surface area (Å²) in [6.07, 6.45) is 1.72. The molecule has 0 saturated heterocycles. The van der Waals surface area contributed by atoms with Crippen molar-refractivity contribution in [2.45, 2.75) is 29.7 Å². The van der Waals surface area contributed by atoms with Crippen molar-refractivity contribution in [3.8, 4) is 0 Å². The standard InChI is InChI=1S/C11H14F2N2O3S/c12-7-4-8(13)10(5-9(7)14)19(17,18)15-11(6-16)2-1-3-11/h4-5,15-16H,1-3,6,14H2. The number of rotatable bonds is 4. The zero-order chi connectivity index (χ0) is 14.3. The average molecular weight is 292 g/mol. The fourth-order valence-electron chi connectivity index (χ4n) is 1.99. The Hall–Kier alpha value is -1.25. The van der Waals surface area contributed by atoms with E-state index in [0.717, 1.165) is 12.5 Å². The van der Waals surface area contributed by atoms with Crippen molar-refractivity contribution in [1.82, 2.24) is 4.72 Å². The molecular weight excluding hydrogens is 278 g/mol. The van der Waals surface area contributed by atoms with E-state index in [1.165, 1.54) is 0 Å². The van der Waals surface area contributed by atoms with E-state index in [9.17, 15) is 22.3 Å². The van der Waals surface area contributed by atoms with Crippen LogP contribution in [0.1, 0.15) is 19.3 Å². The number of nitrogens with one attached hydrogen (secondary N) is 1. The largest absolute Gasteiger partial charge is 0.396 e. The number of aliphatic hydroxyl groups excluding tert-OH is 1. The Morgan fingerprint density at radius 3 is 2.42 bits per heavy atom. The molecule has 0 radical (unpaired) electrons. The fraction of sp³-hybridized carbons (Fsp3) is 0.455. The molecule has 1 aromatic carbocycles. The van der Waals surface area contributed by atoms with Crippen LogP contribution >= 0.6 is 0 Å². The summed E-state index contributed by atoms with van der Waals surface area (Å²) in [5.41, 5.74) is 3.85. The predicted molar refractivity (Wildman–Crippen MR) is 64.8 cm³/mol. The second-order valence-corrected chi connectivity index (χ2v) is 6.35. The Kier molecular flexibility index (Phi) is 3.50. The van der Waals surface area contributed by atoms with Gasteiger partial charge < -0.3 is 10.8 Å². The number of aliphatic hydroxyl groups is 1. The lowest BCUT2D eigenvalue weighted by Crippen LogP contribution is -2.56. The zero-order valence-corrected chi connectivity index (χ0v) is 10.8. The molecule has 0 heterocycles. The van der Waals surface area contributed by atoms with Crippen LogP contribution in [0.2, 0.25) is 0 Å². The summed E-state index contributed by atoms with van der Waals surface area (Å²) in [5.74, 6) is -2.23. The third-order valence-corrected chi connectivity index (χ3v) is 4.90. The van der Waals surface area contributed by atoms with Gasteiger partial charge in [0.05, 0.1) is 17.8 Å². The number of nitrogen functional groups attached to an aromatic ring is 1. The van der Waals surface area contributed by atoms with Crippen LogP contribution in [0.15, 0.2) is 17.0 Å². The smallest absolute Gasteiger partial charge is 0.244 e. The van der Waals surface area contributed by atoms with Crippen LogP contribution in [0.3, 0.4) is 0 Å². The second kappa shape index (κ2) is 4.69. The van der Waals surface area contributed by atoms with E-state index in [1.807, 2.05) is 0 Å². The number of hydrogen-bond acceptors (Lipinski definition) is 4. The SMILES string of the molecule is Nc1cc(S(=O)(=O)NC2(CO)CCC2)c(F)cc1F. The number of halogens is 2. The van der Waals surface area contributed by atoms with E-state index in [2.05, 4.69) is 4.72 Å². The van der Waals surface area contributed by atoms with Crippen LogP contribution in [0.4, 0.5) is 14.5 Å². The van der Waals surface area contributed by atoms with Crippen molar-refractivity contribution in [2.24, 2.45) is 0 Å². The second-order valence-electron chi connectivity index (χ2n) is 4.70. The van der Waals surface area contributed by atoms with Crippen LogP contribution in [0.5, 0.6) is 0 Å². The van der Waals surface area contributed by atoms with Gasteiger partial charge in [-0.2, -0.15) is 0 Å². The van der Waals surface area contributed by atoms with Gasteiger partial charge in [0.1, 0.15) is 16.5 Å². The van der Waals surface area contributed by atoms with Crippen molar-refractivity contribution >= 4 is 15.7 Å². The predicted octanol–water partition coefficient (Wildman–Crippen LogP) is 0.740. The molecule has 0 aromatic heterocycles. The maximum Gasteiger partial charge on any atom is 0.244 e. The summed E-state index contributed by atoms with van der Waals surface area (Å²) in [5, 5.41) is 9.21. The van der Waals surface area contributed by atoms with Gasteiger partial charge >= 0.3 is 0 Å². The quantitative estimate of drug-likeness (QED) is 0.714. The highest BCUT2D eigenvalue weighted by Crippen LogP contribution is 2.33. The van der Waals surface area contributed by atoms with Gasteiger partial charge in [0, 0.05) is 6.07 Å². The highest BCUT2D eigenvalue weighted by molar-refractivity contribution is 7.89. The summed E-state index contributed by atoms with van der Waals surface area (Å²) in [6.45, 7) is -0.371. The first-order valence-corrected chi connectivity index (χ1v) is 7.17. The van der Waals surface area contributed by atoms with Gasteiger partial charge in [-0.1, -0.05) is 0 Å². The topological polar surface area (TPSA) is 92.4 Å². The normalized spacial score (nSPS) is 18.1. The van der Waals surface area contributed by atoms with Gasteiger partial charge in [-0.3, -0.25) is 0 Å². The van der Waals surface area contributed by atoms with E-state index in [1.54, 1.807) is 0 Å². The lowest BCUT2D eigenvalue weighted by atomic mass is 9.78. The third-order valence-electron chi connectivity index (χ3n) is 3.30. The monoisotopic (exact) mass is 292 g/mol. The number of nitrogens with two attached hydrogens (primary N) is 1. The molecule has 4 N–H and O–H groups in total. The fourth-order valence-corrected chi connectivity index (χ4v) is 3.53. The Morgan fingerprint density at radius 2 is 1.95 bits per heavy atom. The summed E-state index contributed by atoms with van der Waals surface area (Å²) < 4.78 is 52.9. The molecule has 1 fully saturated rings. The number of hydrogen-bond donors (Lipinski definition) is 3. The molecule has 5 nitrogen and oxygen atoms in total. The third kappa shape index (κ3) is 2.56. The lowest BCUT2D eigenvalue weighted by Gasteiger charge is -2.40. The van der Waals surface area contributed by atoms with Gasteiger partial charge in [0.15, 0.2) is 0 Å². The van der Waals surface area contributed by atoms with Crippen molar-refractivity contribution in [3.63, 3.8) is 0 Å². The van der Waals surface area contributed by atoms with Crippen molar-refractivity contribution in [1.29, 1.82) is 0 Å². The summed E-state index contributed by atoms with van der Waals surface area (Å²) in [6, 6.07) is 1.16. The molecule has 0 amide bonds. The molecule has 0 bridgehead atoms. The van der Waals surface area contributed by atoms with Crippen molar-refractivity contribution in [3.05, 3.63) is 23.8 Å². The maximum absolute atomic E-state index is 13.5. The minimum absolute atomic E-state index is 0.371. The summed E-state index contributed by atoms with van der Waals surface area (Å²) in [4.78, 5) is -0.717. The summed E-state index contributed by atoms with van der Waals surface area (Å²) >= 11 is 0. The van der Waals surface area contributed by atoms with Gasteiger partial charge in [-0.05, 0) is 25.3 Å². The van der Waals surface area contributed by atoms with Crippen LogP contribution in [-0.2, 0) is 10.0 Å². The van der Waals surface area contributed by atoms with Crippen molar-refractivity contribution in [2.75, 3.05) is 12.3 Å². The first-order valence-electron chi connectivity index (χ1n) is 5.69. The Labute approximate surface area is 109 Å². The molecule has 0 aliphatic heterocycles. The minimum atomic E-state index is -4.19. The molecular formula is C11H14F2N2O3S. The molecule has 19 heavy (non-hydrogen) atoms. The molecule has 0 atom stereocenters. The molecule has 2 rings (SSSR count). The van der Waals surface area contributed by atoms with Gasteiger partial charge in [0.2, 0.25) is 10.0 Å². The van der Waals surface area contributed by atoms with Gasteiger partial charge in [0.25, 0.3) is 0 Å². The Morgan fingerprint density at radius 1 is 1.32 bits per heavy atom. The van der Waals surface area contributed by atoms with Crippen LogP contribution in [0.25, 0.3) is 0 Å². The Bertz CT molecular complexity index is 595. The molecule has 0 unspecified atom stereocenters. The average Bonchev–Trinajstić information content (AvgIpc) is 2.28. The van der Waals surface area contributed by atoms with E-state index < -0.39 is 37.8 Å². The van der Waals surface area contributed by atoms with E-state index in [-0.39, 0.29) is 6.61 Å². The van der Waals surface area contributed by atoms with E-state index in [4.69, 9.17) is 5.73 Å². The summed E-state index contributed by atoms with van der Waals surface area (Å²) in [7, 11) is -4.19. The molecule has 1 saturated carbocycles. The number of anilines is 1. The first-order chi connectivity index (χ1) is 8.80. The van der Waals surface area contributed by atoms with Crippen LogP contribution in [0, 0.1) is 11.6 Å². The van der Waals surface area contributed by atoms with Crippen LogP contribution < -0.4 is 10.5 Å². The lowest BCUT2D eigenvalue weighted by molar-refractivity contribution is 0.110. The number of sulfonamides is 1. The van der Waals surface area contributed by atoms with Gasteiger partial charge in [-0.15, -0.1) is 0 Å². The number of benzene rings is 1. The minimum Gasteiger partial charge on any atom is -0.396 e. The molecule has 1 aliphatic carbocycles. The highest BCUT2D eigenvalue weighted by atomic mass is 32.2. The Balaban J connectivity index is 2.37. The molecule has 106 valence electrons. The molecule has 1 aromatic rings. The molecule has 8 heteroatoms. The van der Waals surface area contributed by atoms with Crippen LogP contribution in [-0.4, -0.2) is 25.7 Å². The molecule has 0 spiro atoms. The van der Waals surface area contributed by atoms with Crippen molar-refractivity contribution < 1.29 is 22.3 Å². The first kappa shape index (κ1) is 14.2. The zero-order valence-electron chi connectivity index (χ0n) is 9.99. The van der Waals surface area contributed by atoms with Gasteiger partial charge in [-0.25, -0.2) is 21.9 Å². The van der Waals surface area contributed by atoms with E-state index in [0.29, 0.717) is 18.9 Å². The molecule has 1 aliphatic rings. The maximum atomic E-state index is 13.5.